The number of amides is 1. The minimum absolute atomic E-state index is 0.000467. The van der Waals surface area contributed by atoms with Gasteiger partial charge in [0.15, 0.2) is 24.1 Å². The van der Waals surface area contributed by atoms with Gasteiger partial charge in [-0.3, -0.25) is 19.7 Å². The van der Waals surface area contributed by atoms with Crippen molar-refractivity contribution in [3.8, 4) is 0 Å². The molecule has 60 heavy (non-hydrogen) atoms. The second-order valence-corrected chi connectivity index (χ2v) is 18.0. The molecule has 7 heterocycles. The Balaban J connectivity index is 1.30. The van der Waals surface area contributed by atoms with E-state index < -0.39 is 71.8 Å². The molecule has 4 bridgehead atoms. The van der Waals surface area contributed by atoms with Crippen molar-refractivity contribution >= 4 is 34.6 Å². The molecular weight excluding hydrogens is 775 g/mol. The summed E-state index contributed by atoms with van der Waals surface area (Å²) in [5.74, 6) is -2.32. The number of ether oxygens (including phenoxy) is 6. The lowest BCUT2D eigenvalue weighted by Crippen LogP contribution is -2.60. The fourth-order valence-electron chi connectivity index (χ4n) is 10.4. The summed E-state index contributed by atoms with van der Waals surface area (Å²) >= 11 is 0. The van der Waals surface area contributed by atoms with Crippen LogP contribution in [0.15, 0.2) is 34.7 Å². The van der Waals surface area contributed by atoms with Crippen molar-refractivity contribution in [2.24, 2.45) is 33.8 Å². The molecule has 0 aromatic carbocycles. The summed E-state index contributed by atoms with van der Waals surface area (Å²) in [6.45, 7) is 16.5. The van der Waals surface area contributed by atoms with Crippen molar-refractivity contribution in [1.82, 2.24) is 24.8 Å². The Morgan fingerprint density at radius 2 is 1.82 bits per heavy atom. The lowest BCUT2D eigenvalue weighted by Gasteiger charge is -2.48. The average molecular weight is 838 g/mol. The Morgan fingerprint density at radius 1 is 1.05 bits per heavy atom. The second kappa shape index (κ2) is 17.8. The zero-order chi connectivity index (χ0) is 43.1. The number of carbonyl (C=O) groups excluding carboxylic acids is 2. The molecule has 5 aliphatic rings. The highest BCUT2D eigenvalue weighted by Crippen LogP contribution is 2.45. The molecule has 14 atom stereocenters. The van der Waals surface area contributed by atoms with Gasteiger partial charge < -0.3 is 43.3 Å². The van der Waals surface area contributed by atoms with E-state index in [9.17, 15) is 14.7 Å². The maximum atomic E-state index is 14.5. The van der Waals surface area contributed by atoms with E-state index in [4.69, 9.17) is 38.3 Å². The molecule has 1 N–H and O–H groups in total. The number of fused-ring (bicyclic) bond motifs is 5. The Hall–Kier alpha value is -3.87. The number of aliphatic hydroxyl groups excluding tert-OH is 1. The lowest BCUT2D eigenvalue weighted by atomic mass is 9.72. The first-order valence-electron chi connectivity index (χ1n) is 21.4. The van der Waals surface area contributed by atoms with E-state index in [0.717, 1.165) is 5.71 Å². The van der Waals surface area contributed by atoms with Crippen LogP contribution in [-0.2, 0) is 44.7 Å². The van der Waals surface area contributed by atoms with Crippen LogP contribution >= 0.6 is 0 Å². The Kier molecular flexibility index (Phi) is 13.1. The van der Waals surface area contributed by atoms with Gasteiger partial charge in [-0.1, -0.05) is 32.9 Å². The van der Waals surface area contributed by atoms with Crippen molar-refractivity contribution in [1.29, 1.82) is 0 Å². The largest absolute Gasteiger partial charge is 0.458 e. The van der Waals surface area contributed by atoms with Crippen LogP contribution in [0.4, 0.5) is 4.79 Å². The summed E-state index contributed by atoms with van der Waals surface area (Å²) < 4.78 is 39.8. The number of rotatable bonds is 7. The maximum absolute atomic E-state index is 14.5. The Morgan fingerprint density at radius 3 is 2.57 bits per heavy atom. The van der Waals surface area contributed by atoms with Crippen molar-refractivity contribution in [2.75, 3.05) is 40.4 Å². The van der Waals surface area contributed by atoms with Gasteiger partial charge in [0.1, 0.15) is 23.4 Å². The van der Waals surface area contributed by atoms with Crippen molar-refractivity contribution in [2.45, 2.75) is 141 Å². The quantitative estimate of drug-likeness (QED) is 0.309. The molecule has 17 nitrogen and oxygen atoms in total. The highest BCUT2D eigenvalue weighted by Gasteiger charge is 2.60. The molecule has 0 spiro atoms. The van der Waals surface area contributed by atoms with Gasteiger partial charge in [-0.25, -0.2) is 14.8 Å². The first-order valence-corrected chi connectivity index (χ1v) is 21.4. The summed E-state index contributed by atoms with van der Waals surface area (Å²) in [7, 11) is 3.87. The standard InChI is InChI=1S/C43H63N7O10/c1-11-32-43(8)36-25(4)33(45-16-17-50(36)41(53)60-43)23(2)19-42(7)37(59-40-34(51)31(49(9)10)18-24(3)57-40)26(5)35(27(6)39(52)58-32)54-20-29(21-55-42)48-56-22-28-12-13-30-38(47-28)46-15-14-44-30/h12-15,23-27,31-32,34-37,40,51H,11,16-22H2,1-10H3/t23-,24+,25+,26+,27+,31-,32-,34+,35+,36-,37-,40-,42-,43-/m1/s1. The predicted molar refractivity (Wildman–Crippen MR) is 220 cm³/mol. The molecular formula is C43H63N7O10. The van der Waals surface area contributed by atoms with E-state index in [-0.39, 0.29) is 43.8 Å². The number of nitrogens with zero attached hydrogens (tertiary/aromatic N) is 7. The fraction of sp³-hybridized carbons (Fsp3) is 0.744. The number of likely N-dealkylation sites (N-methyl/N-ethyl adjacent to an activating group) is 1. The van der Waals surface area contributed by atoms with Gasteiger partial charge in [0.05, 0.1) is 61.3 Å². The number of hydrogen-bond donors (Lipinski definition) is 1. The summed E-state index contributed by atoms with van der Waals surface area (Å²) in [6.07, 6.45) is -0.342. The normalized spacial score (nSPS) is 39.9. The van der Waals surface area contributed by atoms with E-state index in [1.165, 1.54) is 0 Å². The van der Waals surface area contributed by atoms with Gasteiger partial charge in [-0.05, 0) is 79.1 Å². The number of pyridine rings is 1. The summed E-state index contributed by atoms with van der Waals surface area (Å²) in [6, 6.07) is 2.97. The van der Waals surface area contributed by atoms with Crippen LogP contribution in [0.1, 0.15) is 80.3 Å². The van der Waals surface area contributed by atoms with Crippen molar-refractivity contribution in [3.05, 3.63) is 30.2 Å². The number of aliphatic hydroxyl groups is 1. The van der Waals surface area contributed by atoms with Crippen LogP contribution in [0.2, 0.25) is 0 Å². The number of cyclic esters (lactones) is 1. The maximum Gasteiger partial charge on any atom is 0.410 e. The van der Waals surface area contributed by atoms with Crippen LogP contribution in [0.3, 0.4) is 0 Å². The van der Waals surface area contributed by atoms with E-state index in [1.807, 2.05) is 65.7 Å². The Bertz CT molecular complexity index is 1930. The van der Waals surface area contributed by atoms with E-state index in [2.05, 4.69) is 34.0 Å². The minimum Gasteiger partial charge on any atom is -0.458 e. The van der Waals surface area contributed by atoms with Gasteiger partial charge in [0.2, 0.25) is 0 Å². The third-order valence-electron chi connectivity index (χ3n) is 13.4. The van der Waals surface area contributed by atoms with Crippen LogP contribution in [0, 0.1) is 23.7 Å². The van der Waals surface area contributed by atoms with Gasteiger partial charge >= 0.3 is 12.1 Å². The van der Waals surface area contributed by atoms with Gasteiger partial charge in [-0.15, -0.1) is 0 Å². The summed E-state index contributed by atoms with van der Waals surface area (Å²) in [5.41, 5.74) is 0.877. The molecule has 2 aromatic rings. The Labute approximate surface area is 352 Å². The molecule has 0 aliphatic carbocycles. The first kappa shape index (κ1) is 44.2. The number of esters is 1. The minimum atomic E-state index is -1.14. The van der Waals surface area contributed by atoms with Crippen LogP contribution in [0.5, 0.6) is 0 Å². The molecule has 17 heteroatoms. The smallest absolute Gasteiger partial charge is 0.410 e. The molecule has 0 unspecified atom stereocenters. The second-order valence-electron chi connectivity index (χ2n) is 18.0. The monoisotopic (exact) mass is 837 g/mol. The zero-order valence-corrected chi connectivity index (χ0v) is 36.6. The van der Waals surface area contributed by atoms with Crippen LogP contribution in [0.25, 0.3) is 11.2 Å². The molecule has 1 amide bonds. The third-order valence-corrected chi connectivity index (χ3v) is 13.4. The summed E-state index contributed by atoms with van der Waals surface area (Å²) in [5, 5.41) is 16.3. The molecule has 4 saturated heterocycles. The van der Waals surface area contributed by atoms with E-state index in [0.29, 0.717) is 54.9 Å². The van der Waals surface area contributed by atoms with Crippen LogP contribution < -0.4 is 0 Å². The highest BCUT2D eigenvalue weighted by atomic mass is 16.7. The zero-order valence-electron chi connectivity index (χ0n) is 36.6. The van der Waals surface area contributed by atoms with Crippen molar-refractivity contribution in [3.63, 3.8) is 0 Å². The van der Waals surface area contributed by atoms with Crippen molar-refractivity contribution < 1.29 is 48.0 Å². The number of aromatic nitrogens is 3. The fourth-order valence-corrected chi connectivity index (χ4v) is 10.4. The topological polar surface area (TPSA) is 189 Å². The molecule has 0 radical (unpaired) electrons. The van der Waals surface area contributed by atoms with Gasteiger partial charge in [-0.2, -0.15) is 0 Å². The highest BCUT2D eigenvalue weighted by molar-refractivity contribution is 5.91. The number of aliphatic imine (C=N–C) groups is 1. The molecule has 7 rings (SSSR count). The molecule has 330 valence electrons. The third kappa shape index (κ3) is 8.62. The SMILES string of the molecule is CC[C@H]1OC(=O)[C@@H](C)[C@H]2OCC(=NOCc3ccc4nccnc4n3)CO[C@](C)(C[C@@H](C)C3=NCCN4C(=O)O[C@@]1(C)[C@H]4[C@H]3C)[C@H](O[C@H]1O[C@@H](C)C[C@@H](N(C)C)[C@@H]1O)[C@H]2C. The predicted octanol–water partition coefficient (Wildman–Crippen LogP) is 4.19. The number of oxime groups is 1. The number of hydrogen-bond acceptors (Lipinski definition) is 16. The van der Waals surface area contributed by atoms with Gasteiger partial charge in [0.25, 0.3) is 0 Å². The number of carbonyl (C=O) groups is 2. The molecule has 0 saturated carbocycles. The lowest BCUT2D eigenvalue weighted by molar-refractivity contribution is -0.302. The molecule has 2 aromatic heterocycles. The molecule has 4 fully saturated rings. The van der Waals surface area contributed by atoms with E-state index in [1.54, 1.807) is 24.2 Å². The van der Waals surface area contributed by atoms with Crippen LogP contribution in [-0.4, -0.2) is 154 Å². The molecule has 5 aliphatic heterocycles. The van der Waals surface area contributed by atoms with Gasteiger partial charge in [0, 0.05) is 42.5 Å². The summed E-state index contributed by atoms with van der Waals surface area (Å²) in [4.78, 5) is 56.0. The first-order chi connectivity index (χ1) is 28.5. The average Bonchev–Trinajstić information content (AvgIpc) is 3.36. The van der Waals surface area contributed by atoms with E-state index >= 15 is 0 Å².